The minimum Gasteiger partial charge on any atom is -1.00 e. The topological polar surface area (TPSA) is 0 Å². The predicted octanol–water partition coefficient (Wildman–Crippen LogP) is 5.86. The third-order valence-corrected chi connectivity index (χ3v) is 11.5. The van der Waals surface area contributed by atoms with Crippen LogP contribution in [0, 0.1) is 62.7 Å². The number of hydrogen-bond donors (Lipinski definition) is 0. The summed E-state index contributed by atoms with van der Waals surface area (Å²) in [7, 11) is -0.202. The van der Waals surface area contributed by atoms with Crippen molar-refractivity contribution in [3.8, 4) is 0 Å². The van der Waals surface area contributed by atoms with Gasteiger partial charge >= 0.3 is 36.0 Å². The molecule has 31 heavy (non-hydrogen) atoms. The van der Waals surface area contributed by atoms with Crippen LogP contribution in [0.2, 0.25) is 0 Å². The second-order valence-electron chi connectivity index (χ2n) is 11.6. The van der Waals surface area contributed by atoms with E-state index < -0.39 is 0 Å². The molecule has 10 radical (unpaired) electrons. The summed E-state index contributed by atoms with van der Waals surface area (Å²) in [5, 5.41) is 1.56. The van der Waals surface area contributed by atoms with Gasteiger partial charge in [0.1, 0.15) is 0 Å². The van der Waals surface area contributed by atoms with Gasteiger partial charge in [-0.15, -0.1) is 0 Å². The molecule has 0 amide bonds. The first-order chi connectivity index (χ1) is 12.5. The molecule has 5 heteroatoms. The Labute approximate surface area is 229 Å². The van der Waals surface area contributed by atoms with Gasteiger partial charge in [-0.3, -0.25) is 0 Å². The van der Waals surface area contributed by atoms with Crippen LogP contribution >= 0.6 is 15.8 Å². The van der Waals surface area contributed by atoms with Gasteiger partial charge in [0.25, 0.3) is 0 Å². The molecule has 0 aromatic heterocycles. The molecule has 180 valence electrons. The van der Waals surface area contributed by atoms with E-state index in [1.807, 2.05) is 0 Å². The average Bonchev–Trinajstić information content (AvgIpc) is 3.06. The summed E-state index contributed by atoms with van der Waals surface area (Å²) in [5.41, 5.74) is 3.08. The fraction of sp³-hybridized carbons (Fsp3) is 0.615. The zero-order valence-corrected chi connectivity index (χ0v) is 26.8. The van der Waals surface area contributed by atoms with Gasteiger partial charge < -0.3 is 12.4 Å². The Morgan fingerprint density at radius 1 is 0.452 bits per heavy atom. The van der Waals surface area contributed by atoms with Crippen molar-refractivity contribution in [1.29, 1.82) is 0 Å². The van der Waals surface area contributed by atoms with Crippen molar-refractivity contribution in [2.45, 2.75) is 104 Å². The second kappa shape index (κ2) is 14.7. The Kier molecular flexibility index (Phi) is 18.0. The van der Waals surface area contributed by atoms with Gasteiger partial charge in [-0.1, -0.05) is 98.9 Å². The van der Waals surface area contributed by atoms with Crippen LogP contribution in [-0.4, -0.2) is 20.6 Å². The third kappa shape index (κ3) is 12.7. The van der Waals surface area contributed by atoms with E-state index in [4.69, 9.17) is 0 Å². The number of rotatable bonds is 2. The molecule has 2 aliphatic carbocycles. The van der Waals surface area contributed by atoms with Gasteiger partial charge in [-0.05, 0) is 72.0 Å². The summed E-state index contributed by atoms with van der Waals surface area (Å²) in [4.78, 5) is 0. The van der Waals surface area contributed by atoms with Gasteiger partial charge in [0.15, 0.2) is 0 Å². The molecule has 0 aliphatic heterocycles. The van der Waals surface area contributed by atoms with Crippen LogP contribution in [0.3, 0.4) is 0 Å². The molecule has 2 rings (SSSR count). The van der Waals surface area contributed by atoms with Crippen molar-refractivity contribution >= 4 is 15.8 Å². The van der Waals surface area contributed by atoms with E-state index >= 15 is 0 Å². The standard InChI is InChI=1S/2C13H22P.ClH.Ni.Ru/c2*1-12(2,3)14(13(4,5)6)11-9-7-8-10-11;;;/h2*7-10H,1-6H3;1H;;/q;;;2*+2/p-1. The van der Waals surface area contributed by atoms with Crippen molar-refractivity contribution in [3.63, 3.8) is 0 Å². The van der Waals surface area contributed by atoms with Crippen molar-refractivity contribution in [2.24, 2.45) is 0 Å². The first kappa shape index (κ1) is 37.8. The molecular formula is C26H44ClNiP2Ru+3. The van der Waals surface area contributed by atoms with E-state index in [9.17, 15) is 0 Å². The van der Waals surface area contributed by atoms with Gasteiger partial charge in [0, 0.05) is 11.3 Å². The second-order valence-corrected chi connectivity index (χ2v) is 19.4. The summed E-state index contributed by atoms with van der Waals surface area (Å²) in [6, 6.07) is 0. The SMILES string of the molecule is CC(C)(C)P([C]1[CH][CH][CH][CH]1)C(C)(C)C.CC(C)(C)P([C]1[CH][CH][CH][CH]1)C(C)(C)C.[Cl-].[Ni+2].[Ru+2]. The van der Waals surface area contributed by atoms with Crippen molar-refractivity contribution < 1.29 is 48.4 Å². The quantitative estimate of drug-likeness (QED) is 0.271. The van der Waals surface area contributed by atoms with Crippen molar-refractivity contribution in [3.05, 3.63) is 62.7 Å². The predicted molar refractivity (Wildman–Crippen MR) is 134 cm³/mol. The Hall–Kier alpha value is 2.27. The third-order valence-electron chi connectivity index (χ3n) is 4.49. The molecule has 0 bridgehead atoms. The van der Waals surface area contributed by atoms with Crippen LogP contribution in [0.25, 0.3) is 0 Å². The molecule has 0 saturated heterocycles. The van der Waals surface area contributed by atoms with E-state index in [1.165, 1.54) is 0 Å². The molecule has 0 aromatic rings. The van der Waals surface area contributed by atoms with Gasteiger partial charge in [-0.25, -0.2) is 0 Å². The van der Waals surface area contributed by atoms with Crippen LogP contribution in [0.15, 0.2) is 0 Å². The summed E-state index contributed by atoms with van der Waals surface area (Å²) in [6.07, 6.45) is 17.7. The maximum absolute atomic E-state index is 2.36. The van der Waals surface area contributed by atoms with Gasteiger partial charge in [-0.2, -0.15) is 0 Å². The monoisotopic (exact) mass is 613 g/mol. The Morgan fingerprint density at radius 2 is 0.613 bits per heavy atom. The molecule has 2 fully saturated rings. The van der Waals surface area contributed by atoms with Gasteiger partial charge in [0.2, 0.25) is 0 Å². The van der Waals surface area contributed by atoms with Crippen LogP contribution in [0.1, 0.15) is 83.1 Å². The van der Waals surface area contributed by atoms with Crippen LogP contribution in [0.4, 0.5) is 0 Å². The summed E-state index contributed by atoms with van der Waals surface area (Å²) in [6.45, 7) is 28.3. The molecule has 2 aliphatic rings. The zero-order chi connectivity index (χ0) is 22.0. The summed E-state index contributed by atoms with van der Waals surface area (Å²) < 4.78 is 0. The maximum atomic E-state index is 2.36. The van der Waals surface area contributed by atoms with E-state index in [0.29, 0.717) is 20.6 Å². The fourth-order valence-electron chi connectivity index (χ4n) is 4.59. The Bertz CT molecular complexity index is 388. The van der Waals surface area contributed by atoms with Crippen LogP contribution < -0.4 is 12.4 Å². The fourth-order valence-corrected chi connectivity index (χ4v) is 12.7. The largest absolute Gasteiger partial charge is 2.00 e. The van der Waals surface area contributed by atoms with Crippen LogP contribution in [-0.2, 0) is 36.0 Å². The van der Waals surface area contributed by atoms with E-state index in [2.05, 4.69) is 134 Å². The van der Waals surface area contributed by atoms with Crippen molar-refractivity contribution in [2.75, 3.05) is 0 Å². The smallest absolute Gasteiger partial charge is 1.00 e. The summed E-state index contributed by atoms with van der Waals surface area (Å²) >= 11 is 0. The average molecular weight is 614 g/mol. The molecule has 0 heterocycles. The molecule has 0 spiro atoms. The maximum Gasteiger partial charge on any atom is 2.00 e. The van der Waals surface area contributed by atoms with Crippen LogP contribution in [0.5, 0.6) is 0 Å². The molecule has 0 nitrogen and oxygen atoms in total. The van der Waals surface area contributed by atoms with Crippen molar-refractivity contribution in [1.82, 2.24) is 0 Å². The molecule has 0 N–H and O–H groups in total. The first-order valence-corrected chi connectivity index (χ1v) is 13.2. The minimum absolute atomic E-state index is 0. The molecular weight excluding hydrogens is 569 g/mol. The molecule has 0 atom stereocenters. The first-order valence-electron chi connectivity index (χ1n) is 10.5. The molecule has 0 aromatic carbocycles. The number of hydrogen-bond acceptors (Lipinski definition) is 0. The zero-order valence-electron chi connectivity index (χ0n) is 21.6. The Balaban J connectivity index is -0.000000461. The van der Waals surface area contributed by atoms with E-state index in [0.717, 1.165) is 0 Å². The molecule has 2 saturated carbocycles. The Morgan fingerprint density at radius 3 is 0.742 bits per heavy atom. The van der Waals surface area contributed by atoms with E-state index in [-0.39, 0.29) is 64.2 Å². The normalized spacial score (nSPS) is 18.8. The van der Waals surface area contributed by atoms with E-state index in [1.54, 1.807) is 11.3 Å². The minimum atomic E-state index is -0.101. The summed E-state index contributed by atoms with van der Waals surface area (Å²) in [5.74, 6) is 0. The molecule has 0 unspecified atom stereocenters. The van der Waals surface area contributed by atoms with Gasteiger partial charge in [0.05, 0.1) is 0 Å². The number of halogens is 1.